The van der Waals surface area contributed by atoms with Gasteiger partial charge in [-0.25, -0.2) is 14.6 Å². The smallest absolute Gasteiger partial charge is 0.332 e. The highest BCUT2D eigenvalue weighted by Crippen LogP contribution is 2.44. The fourth-order valence-corrected chi connectivity index (χ4v) is 19.1. The molecule has 0 bridgehead atoms. The molecule has 4 saturated carbocycles. The van der Waals surface area contributed by atoms with Crippen LogP contribution in [0.25, 0.3) is 5.57 Å². The highest BCUT2D eigenvalue weighted by atomic mass is 32.1. The maximum absolute atomic E-state index is 14.0. The van der Waals surface area contributed by atoms with Gasteiger partial charge in [0.05, 0.1) is 56.3 Å². The Balaban J connectivity index is 0.000000263. The van der Waals surface area contributed by atoms with Crippen molar-refractivity contribution in [1.29, 1.82) is 0 Å². The summed E-state index contributed by atoms with van der Waals surface area (Å²) in [7, 11) is 0. The number of thiazole rings is 1. The number of aliphatic hydroxyl groups is 10. The van der Waals surface area contributed by atoms with Crippen molar-refractivity contribution in [3.8, 4) is 11.5 Å². The molecule has 0 radical (unpaired) electrons. The van der Waals surface area contributed by atoms with Crippen molar-refractivity contribution in [1.82, 2.24) is 36.9 Å². The zero-order valence-corrected chi connectivity index (χ0v) is 72.5. The highest BCUT2D eigenvalue weighted by molar-refractivity contribution is 7.11. The predicted molar refractivity (Wildman–Crippen MR) is 440 cm³/mol. The van der Waals surface area contributed by atoms with E-state index in [9.17, 15) is 105 Å². The summed E-state index contributed by atoms with van der Waals surface area (Å²) in [5.41, 5.74) is 1.98. The number of aliphatic hydroxyl groups excluding tert-OH is 10. The zero-order chi connectivity index (χ0) is 90.8. The predicted octanol–water partition coefficient (Wildman–Crippen LogP) is 0.453. The number of aromatic hydroxyl groups is 1. The van der Waals surface area contributed by atoms with E-state index in [1.54, 1.807) is 24.4 Å². The van der Waals surface area contributed by atoms with Crippen LogP contribution in [0.2, 0.25) is 0 Å². The van der Waals surface area contributed by atoms with Crippen molar-refractivity contribution in [2.24, 2.45) is 35.5 Å². The van der Waals surface area contributed by atoms with Crippen LogP contribution < -0.4 is 36.6 Å². The standard InChI is InChI=1S/C46H67N3O17.C39H62N4O15S/c1-5-26-17-28(43(58)48-14-13-47-35(53)19-27-15-22(2)61-31-20-29(52)11-12-30(27)31)18-32(41(26)66-46-40(57)39(56)37(54)23(3)62-46)64-45-36(49-24(4)51)42(38(55)34(21-50)65-45)63-33(44(59)60)16-25-9-7-6-8-10-25;1-5-22-14-23(34(50)40-11-12-41-35(51)36-42-18(2)17-59-36)15-24(32(22)58-39-31(49)30(48)28(46)19(3)54-39)56-38-27(43-20(4)45)33(29(47)26(16-44)57-38)55-25(37(52)53)13-21-9-7-6-8-10-21/h11-12,15,20,23,25-26,28,32-34,36-42,45-46,50,52,54-57H,2,5-10,13-14,16-19,21H2,1,3-4H3,(H,47,53)(H,48,58)(H,49,51)(H,59,60);17,19,21-33,38-39,44,46-49H,5-16H2,1-4H3,(H,40,50)(H,41,51)(H,43,45)(H,52,53)/t23-,26?,28?,32+,33-,34-,36?,37-,38-,39?,40-,41+,42?,45+,46?;19-,22?,23?,24+,25-,26-,27?,28-,29-,30?,31-,32+,33?,38+,39?/m00/s1. The highest BCUT2D eigenvalue weighted by Gasteiger charge is 2.56. The van der Waals surface area contributed by atoms with Gasteiger partial charge in [0.25, 0.3) is 5.91 Å². The summed E-state index contributed by atoms with van der Waals surface area (Å²) >= 11 is 1.21. The van der Waals surface area contributed by atoms with E-state index in [0.717, 1.165) is 69.9 Å². The van der Waals surface area contributed by atoms with Crippen LogP contribution >= 0.6 is 11.3 Å². The number of carbonyl (C=O) groups excluding carboxylic acids is 6. The van der Waals surface area contributed by atoms with Gasteiger partial charge in [-0.1, -0.05) is 97.5 Å². The number of ether oxygens (including phenoxy) is 11. The summed E-state index contributed by atoms with van der Waals surface area (Å²) in [5, 5.41) is 157. The molecule has 19 N–H and O–H groups in total. The van der Waals surface area contributed by atoms with Crippen molar-refractivity contribution in [2.45, 2.75) is 330 Å². The van der Waals surface area contributed by atoms with Gasteiger partial charge in [0.1, 0.15) is 103 Å². The van der Waals surface area contributed by atoms with Crippen LogP contribution in [0, 0.1) is 42.4 Å². The Bertz CT molecular complexity index is 3930. The molecule has 0 spiro atoms. The molecule has 125 heavy (non-hydrogen) atoms. The number of amides is 6. The minimum absolute atomic E-state index is 0.000205. The molecule has 6 heterocycles. The lowest BCUT2D eigenvalue weighted by Gasteiger charge is -2.49. The molecule has 12 unspecified atom stereocenters. The number of carbonyl (C=O) groups is 8. The van der Waals surface area contributed by atoms with Crippen molar-refractivity contribution in [3.63, 3.8) is 0 Å². The molecular weight excluding hydrogens is 1660 g/mol. The second-order valence-electron chi connectivity index (χ2n) is 34.4. The Hall–Kier alpha value is -7.11. The van der Waals surface area contributed by atoms with Gasteiger partial charge >= 0.3 is 11.9 Å². The lowest BCUT2D eigenvalue weighted by Crippen LogP contribution is -2.67. The lowest BCUT2D eigenvalue weighted by molar-refractivity contribution is -0.338. The summed E-state index contributed by atoms with van der Waals surface area (Å²) < 4.78 is 67.8. The molecule has 5 aliphatic heterocycles. The number of aliphatic carboxylic acids is 2. The van der Waals surface area contributed by atoms with Crippen molar-refractivity contribution in [3.05, 3.63) is 58.3 Å². The Kier molecular flexibility index (Phi) is 37.6. The molecule has 9 aliphatic rings. The lowest BCUT2D eigenvalue weighted by atomic mass is 9.75. The number of phenolic OH excluding ortho intramolecular Hbond substituents is 1. The van der Waals surface area contributed by atoms with Crippen molar-refractivity contribution < 1.29 is 157 Å². The maximum atomic E-state index is 14.0. The minimum atomic E-state index is -1.68. The van der Waals surface area contributed by atoms with Gasteiger partial charge in [0, 0.05) is 74.6 Å². The second kappa shape index (κ2) is 46.9. The molecule has 2 aromatic rings. The number of aromatic nitrogens is 1. The molecule has 4 aliphatic carbocycles. The zero-order valence-electron chi connectivity index (χ0n) is 71.7. The summed E-state index contributed by atoms with van der Waals surface area (Å²) in [6.45, 7) is 13.7. The number of hydrogen-bond donors (Lipinski definition) is 19. The van der Waals surface area contributed by atoms with E-state index in [4.69, 9.17) is 52.1 Å². The number of nitrogens with zero attached hydrogens (tertiary/aromatic N) is 1. The number of nitrogens with one attached hydrogen (secondary N) is 6. The van der Waals surface area contributed by atoms with E-state index in [2.05, 4.69) is 43.5 Å². The SMILES string of the molecule is C=C1C=C(CC(=O)NCCNC(=O)C2CC(CC)[C@@H](OC3O[C@@H](C)[C@H](O)C(O)[C@@H]3O)[C@H](O[C@@H]3O[C@@H](CO)[C@H](O)C(O[C@@H](CC4CCCCC4)C(=O)O)C3NC(C)=O)C2)c2ccc(O)cc2O1.CCC1CC(C(=O)NCCNC(=O)c2nc(C)cs2)C[C@@H](O[C@@H]2O[C@@H](CO)[C@H](O)C(O[C@@H](CC3CCCCC3)C(=O)O)C2NC(C)=O)[C@@H]1OC1O[C@@H](C)[C@H](O)C(O)[C@@H]1O. The third-order valence-electron chi connectivity index (χ3n) is 25.2. The molecule has 1 aromatic heterocycles. The van der Waals surface area contributed by atoms with E-state index >= 15 is 0 Å². The Morgan fingerprint density at radius 3 is 1.40 bits per heavy atom. The quantitative estimate of drug-likeness (QED) is 0.0417. The Morgan fingerprint density at radius 1 is 0.552 bits per heavy atom. The first-order valence-electron chi connectivity index (χ1n) is 43.7. The van der Waals surface area contributed by atoms with Gasteiger partial charge in [-0.05, 0) is 107 Å². The number of rotatable bonds is 35. The molecular formula is C85H129N7O32S. The Morgan fingerprint density at radius 2 is 0.992 bits per heavy atom. The van der Waals surface area contributed by atoms with Crippen LogP contribution in [-0.4, -0.2) is 317 Å². The normalized spacial score (nSPS) is 35.1. The first kappa shape index (κ1) is 100. The van der Waals surface area contributed by atoms with Gasteiger partial charge in [-0.15, -0.1) is 11.3 Å². The summed E-state index contributed by atoms with van der Waals surface area (Å²) in [5.74, 6) is -6.62. The molecule has 1 aromatic carbocycles. The van der Waals surface area contributed by atoms with Gasteiger partial charge in [-0.3, -0.25) is 28.8 Å². The van der Waals surface area contributed by atoms with Crippen LogP contribution in [0.3, 0.4) is 0 Å². The molecule has 30 atom stereocenters. The number of allylic oxidation sites excluding steroid dienone is 1. The fraction of sp³-hybridized carbons (Fsp3) is 0.753. The summed E-state index contributed by atoms with van der Waals surface area (Å²) in [6.07, 6.45) is -20.2. The van der Waals surface area contributed by atoms with Gasteiger partial charge in [0.2, 0.25) is 29.5 Å². The molecule has 40 heteroatoms. The molecule has 702 valence electrons. The van der Waals surface area contributed by atoms with Gasteiger partial charge < -0.3 is 150 Å². The van der Waals surface area contributed by atoms with Crippen LogP contribution in [0.1, 0.15) is 185 Å². The third kappa shape index (κ3) is 26.6. The van der Waals surface area contributed by atoms with E-state index in [0.29, 0.717) is 40.5 Å². The molecule has 6 amide bonds. The molecule has 4 saturated heterocycles. The van der Waals surface area contributed by atoms with Crippen LogP contribution in [0.4, 0.5) is 0 Å². The molecule has 39 nitrogen and oxygen atoms in total. The third-order valence-corrected chi connectivity index (χ3v) is 26.1. The fourth-order valence-electron chi connectivity index (χ4n) is 18.4. The van der Waals surface area contributed by atoms with E-state index in [1.165, 1.54) is 51.2 Å². The average Bonchev–Trinajstić information content (AvgIpc) is 1.15. The first-order valence-corrected chi connectivity index (χ1v) is 44.6. The van der Waals surface area contributed by atoms with Gasteiger partial charge in [0.15, 0.2) is 42.4 Å². The second-order valence-corrected chi connectivity index (χ2v) is 35.2. The number of benzene rings is 1. The largest absolute Gasteiger partial charge is 0.508 e. The maximum Gasteiger partial charge on any atom is 0.332 e. The van der Waals surface area contributed by atoms with Crippen molar-refractivity contribution in [2.75, 3.05) is 39.4 Å². The number of hydrogen-bond acceptors (Lipinski definition) is 32. The van der Waals surface area contributed by atoms with E-state index in [-0.39, 0.29) is 112 Å². The van der Waals surface area contributed by atoms with Crippen LogP contribution in [-0.2, 0) is 80.9 Å². The minimum Gasteiger partial charge on any atom is -0.508 e. The van der Waals surface area contributed by atoms with E-state index in [1.807, 2.05) is 13.8 Å². The molecule has 8 fully saturated rings. The molecule has 11 rings (SSSR count). The summed E-state index contributed by atoms with van der Waals surface area (Å²) in [4.78, 5) is 108. The van der Waals surface area contributed by atoms with Crippen LogP contribution in [0.5, 0.6) is 11.5 Å². The number of phenols is 1. The monoisotopic (exact) mass is 1790 g/mol. The first-order chi connectivity index (χ1) is 59.6. The summed E-state index contributed by atoms with van der Waals surface area (Å²) in [6, 6.07) is 1.91. The van der Waals surface area contributed by atoms with Crippen molar-refractivity contribution >= 4 is 64.3 Å². The topological polar surface area (TPSA) is 586 Å². The average molecular weight is 1790 g/mol. The number of carboxylic acids is 2. The number of aryl methyl sites for hydroxylation is 1. The number of carboxylic acid groups (broad SMARTS) is 2. The Labute approximate surface area is 729 Å². The number of fused-ring (bicyclic) bond motifs is 1. The van der Waals surface area contributed by atoms with E-state index < -0.39 is 220 Å². The van der Waals surface area contributed by atoms with Crippen LogP contribution in [0.15, 0.2) is 42.0 Å². The van der Waals surface area contributed by atoms with Gasteiger partial charge in [-0.2, -0.15) is 0 Å².